The molecule has 26 heavy (non-hydrogen) atoms. The summed E-state index contributed by atoms with van der Waals surface area (Å²) in [6.45, 7) is 1.73. The molecule has 1 unspecified atom stereocenters. The molecule has 2 amide bonds. The third kappa shape index (κ3) is 2.89. The number of aromatic nitrogens is 1. The second-order valence-electron chi connectivity index (χ2n) is 7.20. The van der Waals surface area contributed by atoms with E-state index in [-0.39, 0.29) is 29.5 Å². The van der Waals surface area contributed by atoms with Gasteiger partial charge in [0.1, 0.15) is 11.5 Å². The van der Waals surface area contributed by atoms with Gasteiger partial charge in [0.25, 0.3) is 5.91 Å². The summed E-state index contributed by atoms with van der Waals surface area (Å²) in [6, 6.07) is 8.58. The highest BCUT2D eigenvalue weighted by Crippen LogP contribution is 2.32. The first-order valence-corrected chi connectivity index (χ1v) is 9.01. The van der Waals surface area contributed by atoms with Crippen LogP contribution in [-0.4, -0.2) is 53.3 Å². The third-order valence-electron chi connectivity index (χ3n) is 5.60. The van der Waals surface area contributed by atoms with Gasteiger partial charge in [-0.2, -0.15) is 0 Å². The van der Waals surface area contributed by atoms with Gasteiger partial charge in [-0.1, -0.05) is 12.1 Å². The Morgan fingerprint density at radius 2 is 2.00 bits per heavy atom. The molecule has 1 aromatic carbocycles. The van der Waals surface area contributed by atoms with Crippen LogP contribution in [0, 0.1) is 5.82 Å². The standard InChI is InChI=1S/C20H22FN3O2/c1-23-12-17(16-5-8-22-18(16)20(23)26)19(25)24-9-6-13(7-10-24)14-3-2-4-15(21)11-14/h2-5,8,11,13,17,22H,6-7,9-10,12H2,1H3. The lowest BCUT2D eigenvalue weighted by molar-refractivity contribution is -0.134. The van der Waals surface area contributed by atoms with E-state index in [2.05, 4.69) is 4.98 Å². The number of likely N-dealkylation sites (N-methyl/N-ethyl adjacent to an activating group) is 1. The number of carbonyl (C=O) groups excluding carboxylic acids is 2. The van der Waals surface area contributed by atoms with E-state index in [1.807, 2.05) is 17.0 Å². The molecular weight excluding hydrogens is 333 g/mol. The molecule has 3 heterocycles. The Labute approximate surface area is 151 Å². The van der Waals surface area contributed by atoms with Crippen molar-refractivity contribution in [2.24, 2.45) is 0 Å². The first kappa shape index (κ1) is 16.8. The van der Waals surface area contributed by atoms with Gasteiger partial charge in [-0.05, 0) is 48.1 Å². The second kappa shape index (κ2) is 6.59. The van der Waals surface area contributed by atoms with Gasteiger partial charge < -0.3 is 14.8 Å². The van der Waals surface area contributed by atoms with Gasteiger partial charge in [-0.15, -0.1) is 0 Å². The predicted octanol–water partition coefficient (Wildman–Crippen LogP) is 2.73. The molecule has 2 aliphatic heterocycles. The quantitative estimate of drug-likeness (QED) is 0.901. The van der Waals surface area contributed by atoms with E-state index in [0.717, 1.165) is 24.0 Å². The molecule has 1 fully saturated rings. The van der Waals surface area contributed by atoms with Gasteiger partial charge >= 0.3 is 0 Å². The van der Waals surface area contributed by atoms with E-state index in [9.17, 15) is 14.0 Å². The summed E-state index contributed by atoms with van der Waals surface area (Å²) in [5, 5.41) is 0. The van der Waals surface area contributed by atoms with Crippen LogP contribution in [0.4, 0.5) is 4.39 Å². The van der Waals surface area contributed by atoms with Crippen LogP contribution in [0.1, 0.15) is 46.3 Å². The third-order valence-corrected chi connectivity index (χ3v) is 5.60. The molecule has 6 heteroatoms. The van der Waals surface area contributed by atoms with Gasteiger partial charge in [0.2, 0.25) is 5.91 Å². The van der Waals surface area contributed by atoms with E-state index in [0.29, 0.717) is 25.3 Å². The fraction of sp³-hybridized carbons (Fsp3) is 0.400. The molecule has 0 bridgehead atoms. The summed E-state index contributed by atoms with van der Waals surface area (Å²) in [4.78, 5) is 31.7. The zero-order chi connectivity index (χ0) is 18.3. The maximum atomic E-state index is 13.4. The molecule has 2 aliphatic rings. The Morgan fingerprint density at radius 3 is 2.73 bits per heavy atom. The average Bonchev–Trinajstić information content (AvgIpc) is 3.14. The number of benzene rings is 1. The molecule has 4 rings (SSSR count). The van der Waals surface area contributed by atoms with Crippen molar-refractivity contribution < 1.29 is 14.0 Å². The van der Waals surface area contributed by atoms with Crippen molar-refractivity contribution >= 4 is 11.8 Å². The number of carbonyl (C=O) groups is 2. The van der Waals surface area contributed by atoms with E-state index in [1.54, 1.807) is 30.3 Å². The number of H-pyrrole nitrogens is 1. The van der Waals surface area contributed by atoms with E-state index in [1.165, 1.54) is 6.07 Å². The monoisotopic (exact) mass is 355 g/mol. The van der Waals surface area contributed by atoms with Crippen LogP contribution in [0.3, 0.4) is 0 Å². The Hall–Kier alpha value is -2.63. The maximum absolute atomic E-state index is 13.4. The number of aromatic amines is 1. The first-order valence-electron chi connectivity index (χ1n) is 9.01. The summed E-state index contributed by atoms with van der Waals surface area (Å²) in [7, 11) is 1.72. The highest BCUT2D eigenvalue weighted by Gasteiger charge is 2.37. The van der Waals surface area contributed by atoms with Crippen molar-refractivity contribution in [3.63, 3.8) is 0 Å². The zero-order valence-electron chi connectivity index (χ0n) is 14.7. The minimum atomic E-state index is -0.315. The molecule has 136 valence electrons. The van der Waals surface area contributed by atoms with E-state index < -0.39 is 0 Å². The van der Waals surface area contributed by atoms with Crippen molar-refractivity contribution in [2.45, 2.75) is 24.7 Å². The summed E-state index contributed by atoms with van der Waals surface area (Å²) in [5.41, 5.74) is 2.32. The molecule has 5 nitrogen and oxygen atoms in total. The summed E-state index contributed by atoms with van der Waals surface area (Å²) in [6.07, 6.45) is 3.38. The van der Waals surface area contributed by atoms with Crippen molar-refractivity contribution in [3.05, 3.63) is 59.2 Å². The topological polar surface area (TPSA) is 56.4 Å². The lowest BCUT2D eigenvalue weighted by atomic mass is 9.87. The van der Waals surface area contributed by atoms with Gasteiger partial charge in [-0.25, -0.2) is 4.39 Å². The number of amides is 2. The molecule has 0 radical (unpaired) electrons. The number of halogens is 1. The van der Waals surface area contributed by atoms with Crippen molar-refractivity contribution in [2.75, 3.05) is 26.7 Å². The van der Waals surface area contributed by atoms with Crippen molar-refractivity contribution in [1.82, 2.24) is 14.8 Å². The molecule has 2 aromatic rings. The van der Waals surface area contributed by atoms with Gasteiger partial charge in [0.15, 0.2) is 0 Å². The molecule has 0 spiro atoms. The molecule has 1 aromatic heterocycles. The van der Waals surface area contributed by atoms with E-state index >= 15 is 0 Å². The van der Waals surface area contributed by atoms with E-state index in [4.69, 9.17) is 0 Å². The molecule has 1 saturated heterocycles. The van der Waals surface area contributed by atoms with Crippen molar-refractivity contribution in [3.8, 4) is 0 Å². The Balaban J connectivity index is 1.46. The Kier molecular flexibility index (Phi) is 4.26. The van der Waals surface area contributed by atoms with Gasteiger partial charge in [-0.3, -0.25) is 9.59 Å². The molecular formula is C20H22FN3O2. The van der Waals surface area contributed by atoms with Crippen LogP contribution < -0.4 is 0 Å². The zero-order valence-corrected chi connectivity index (χ0v) is 14.7. The second-order valence-corrected chi connectivity index (χ2v) is 7.20. The summed E-state index contributed by atoms with van der Waals surface area (Å²) < 4.78 is 13.4. The first-order chi connectivity index (χ1) is 12.5. The van der Waals surface area contributed by atoms with Crippen LogP contribution in [-0.2, 0) is 4.79 Å². The lowest BCUT2D eigenvalue weighted by Gasteiger charge is -2.37. The van der Waals surface area contributed by atoms with Crippen LogP contribution in [0.15, 0.2) is 36.5 Å². The summed E-state index contributed by atoms with van der Waals surface area (Å²) >= 11 is 0. The molecule has 1 atom stereocenters. The SMILES string of the molecule is CN1CC(C(=O)N2CCC(c3cccc(F)c3)CC2)c2cc[nH]c2C1=O. The number of nitrogens with zero attached hydrogens (tertiary/aromatic N) is 2. The number of nitrogens with one attached hydrogen (secondary N) is 1. The van der Waals surface area contributed by atoms with Crippen molar-refractivity contribution in [1.29, 1.82) is 0 Å². The largest absolute Gasteiger partial charge is 0.357 e. The fourth-order valence-corrected chi connectivity index (χ4v) is 4.13. The number of rotatable bonds is 2. The molecule has 0 aliphatic carbocycles. The van der Waals surface area contributed by atoms with Gasteiger partial charge in [0, 0.05) is 32.9 Å². The fourth-order valence-electron chi connectivity index (χ4n) is 4.13. The number of hydrogen-bond donors (Lipinski definition) is 1. The van der Waals surface area contributed by atoms with Gasteiger partial charge in [0.05, 0.1) is 5.92 Å². The van der Waals surface area contributed by atoms with Crippen LogP contribution in [0.25, 0.3) is 0 Å². The number of hydrogen-bond acceptors (Lipinski definition) is 2. The smallest absolute Gasteiger partial charge is 0.270 e. The number of likely N-dealkylation sites (tertiary alicyclic amines) is 1. The Bertz CT molecular complexity index is 839. The predicted molar refractivity (Wildman–Crippen MR) is 95.4 cm³/mol. The number of fused-ring (bicyclic) bond motifs is 1. The number of piperidine rings is 1. The molecule has 0 saturated carbocycles. The minimum Gasteiger partial charge on any atom is -0.357 e. The minimum absolute atomic E-state index is 0.0705. The lowest BCUT2D eigenvalue weighted by Crippen LogP contribution is -2.46. The van der Waals surface area contributed by atoms with Crippen LogP contribution >= 0.6 is 0 Å². The van der Waals surface area contributed by atoms with Crippen LogP contribution in [0.5, 0.6) is 0 Å². The normalized spacial score (nSPS) is 21.0. The average molecular weight is 355 g/mol. The highest BCUT2D eigenvalue weighted by atomic mass is 19.1. The maximum Gasteiger partial charge on any atom is 0.270 e. The van der Waals surface area contributed by atoms with Crippen LogP contribution in [0.2, 0.25) is 0 Å². The Morgan fingerprint density at radius 1 is 1.23 bits per heavy atom. The summed E-state index contributed by atoms with van der Waals surface area (Å²) in [5.74, 6) is -0.240. The highest BCUT2D eigenvalue weighted by molar-refractivity contribution is 5.99. The molecule has 1 N–H and O–H groups in total.